The summed E-state index contributed by atoms with van der Waals surface area (Å²) in [6.07, 6.45) is 5.14. The van der Waals surface area contributed by atoms with Gasteiger partial charge in [-0.3, -0.25) is 0 Å². The number of hydrogen-bond acceptors (Lipinski definition) is 3. The molecule has 0 rings (SSSR count). The van der Waals surface area contributed by atoms with Crippen LogP contribution in [-0.4, -0.2) is 12.6 Å². The van der Waals surface area contributed by atoms with Crippen molar-refractivity contribution in [3.8, 4) is 0 Å². The van der Waals surface area contributed by atoms with Crippen molar-refractivity contribution in [3.63, 3.8) is 0 Å². The Morgan fingerprint density at radius 3 is 2.40 bits per heavy atom. The number of ether oxygens (including phenoxy) is 1. The van der Waals surface area contributed by atoms with Crippen molar-refractivity contribution in [2.75, 3.05) is 6.61 Å². The number of esters is 1. The van der Waals surface area contributed by atoms with E-state index in [4.69, 9.17) is 10.5 Å². The topological polar surface area (TPSA) is 52.3 Å². The molecule has 0 saturated heterocycles. The molecule has 3 nitrogen and oxygen atoms in total. The number of nitrogens with two attached hydrogens (primary N) is 1. The lowest BCUT2D eigenvalue weighted by Gasteiger charge is -2.06. The maximum absolute atomic E-state index is 11.4. The van der Waals surface area contributed by atoms with E-state index in [1.165, 1.54) is 12.8 Å². The monoisotopic (exact) mass is 213 g/mol. The lowest BCUT2D eigenvalue weighted by molar-refractivity contribution is -0.139. The van der Waals surface area contributed by atoms with Crippen LogP contribution < -0.4 is 5.73 Å². The molecule has 0 aromatic heterocycles. The standard InChI is InChI=1S/C12H23NO2/c1-4-6-7-8-9-15-12(14)10(3)11(13)5-2/h4-9,13H2,1-3H3. The van der Waals surface area contributed by atoms with E-state index in [2.05, 4.69) is 6.92 Å². The van der Waals surface area contributed by atoms with Gasteiger partial charge in [0.05, 0.1) is 12.2 Å². The van der Waals surface area contributed by atoms with E-state index >= 15 is 0 Å². The van der Waals surface area contributed by atoms with Gasteiger partial charge < -0.3 is 10.5 Å². The molecule has 0 amide bonds. The van der Waals surface area contributed by atoms with Crippen LogP contribution in [0.3, 0.4) is 0 Å². The highest BCUT2D eigenvalue weighted by molar-refractivity contribution is 5.88. The first-order valence-corrected chi connectivity index (χ1v) is 5.75. The SMILES string of the molecule is CCCCCCOC(=O)C(C)=C(N)CC. The summed E-state index contributed by atoms with van der Waals surface area (Å²) < 4.78 is 5.10. The molecule has 0 aromatic rings. The first-order valence-electron chi connectivity index (χ1n) is 5.75. The van der Waals surface area contributed by atoms with Crippen LogP contribution in [-0.2, 0) is 9.53 Å². The molecule has 0 aliphatic carbocycles. The van der Waals surface area contributed by atoms with Gasteiger partial charge in [-0.05, 0) is 19.8 Å². The predicted molar refractivity (Wildman–Crippen MR) is 62.3 cm³/mol. The lowest BCUT2D eigenvalue weighted by atomic mass is 10.2. The fourth-order valence-corrected chi connectivity index (χ4v) is 1.20. The van der Waals surface area contributed by atoms with Crippen LogP contribution in [0, 0.1) is 0 Å². The number of allylic oxidation sites excluding steroid dienone is 1. The van der Waals surface area contributed by atoms with Crippen LogP contribution in [0.15, 0.2) is 11.3 Å². The predicted octanol–water partition coefficient (Wildman–Crippen LogP) is 2.75. The maximum Gasteiger partial charge on any atom is 0.335 e. The van der Waals surface area contributed by atoms with E-state index in [0.717, 1.165) is 12.8 Å². The molecule has 0 aliphatic heterocycles. The fourth-order valence-electron chi connectivity index (χ4n) is 1.20. The fraction of sp³-hybridized carbons (Fsp3) is 0.750. The van der Waals surface area contributed by atoms with E-state index in [1.807, 2.05) is 6.92 Å². The summed E-state index contributed by atoms with van der Waals surface area (Å²) in [6, 6.07) is 0. The molecule has 2 N–H and O–H groups in total. The Kier molecular flexibility index (Phi) is 7.78. The second kappa shape index (κ2) is 8.33. The molecule has 0 saturated carbocycles. The molecule has 0 atom stereocenters. The van der Waals surface area contributed by atoms with Gasteiger partial charge in [0, 0.05) is 5.70 Å². The minimum atomic E-state index is -0.272. The number of carbonyl (C=O) groups is 1. The minimum absolute atomic E-state index is 0.272. The first kappa shape index (κ1) is 14.0. The van der Waals surface area contributed by atoms with E-state index in [9.17, 15) is 4.79 Å². The van der Waals surface area contributed by atoms with Gasteiger partial charge in [0.1, 0.15) is 0 Å². The van der Waals surface area contributed by atoms with Crippen molar-refractivity contribution in [3.05, 3.63) is 11.3 Å². The summed E-state index contributed by atoms with van der Waals surface area (Å²) >= 11 is 0. The van der Waals surface area contributed by atoms with E-state index in [1.54, 1.807) is 6.92 Å². The lowest BCUT2D eigenvalue weighted by Crippen LogP contribution is -2.12. The van der Waals surface area contributed by atoms with Gasteiger partial charge in [0.25, 0.3) is 0 Å². The van der Waals surface area contributed by atoms with Crippen molar-refractivity contribution in [1.82, 2.24) is 0 Å². The average molecular weight is 213 g/mol. The van der Waals surface area contributed by atoms with Crippen LogP contribution in [0.4, 0.5) is 0 Å². The molecule has 0 radical (unpaired) electrons. The van der Waals surface area contributed by atoms with Crippen molar-refractivity contribution in [2.45, 2.75) is 52.9 Å². The van der Waals surface area contributed by atoms with E-state index in [0.29, 0.717) is 24.3 Å². The molecule has 0 unspecified atom stereocenters. The van der Waals surface area contributed by atoms with Crippen molar-refractivity contribution in [1.29, 1.82) is 0 Å². The molecular formula is C12H23NO2. The molecule has 0 bridgehead atoms. The maximum atomic E-state index is 11.4. The van der Waals surface area contributed by atoms with Crippen LogP contribution in [0.25, 0.3) is 0 Å². The van der Waals surface area contributed by atoms with Gasteiger partial charge in [0.15, 0.2) is 0 Å². The second-order valence-corrected chi connectivity index (χ2v) is 3.70. The molecule has 0 fully saturated rings. The van der Waals surface area contributed by atoms with Crippen LogP contribution in [0.2, 0.25) is 0 Å². The molecule has 0 aromatic carbocycles. The number of carbonyl (C=O) groups excluding carboxylic acids is 1. The summed E-state index contributed by atoms with van der Waals surface area (Å²) in [5.74, 6) is -0.272. The third kappa shape index (κ3) is 6.15. The minimum Gasteiger partial charge on any atom is -0.462 e. The third-order valence-corrected chi connectivity index (χ3v) is 2.40. The van der Waals surface area contributed by atoms with Crippen LogP contribution in [0.5, 0.6) is 0 Å². The summed E-state index contributed by atoms with van der Waals surface area (Å²) in [4.78, 5) is 11.4. The molecule has 0 spiro atoms. The zero-order chi connectivity index (χ0) is 11.7. The van der Waals surface area contributed by atoms with Gasteiger partial charge >= 0.3 is 5.97 Å². The molecule has 0 aliphatic rings. The molecule has 0 heterocycles. The van der Waals surface area contributed by atoms with Crippen LogP contribution in [0.1, 0.15) is 52.9 Å². The van der Waals surface area contributed by atoms with E-state index in [-0.39, 0.29) is 5.97 Å². The first-order chi connectivity index (χ1) is 7.13. The van der Waals surface area contributed by atoms with E-state index < -0.39 is 0 Å². The Morgan fingerprint density at radius 1 is 1.20 bits per heavy atom. The van der Waals surface area contributed by atoms with Gasteiger partial charge in [-0.1, -0.05) is 33.1 Å². The summed E-state index contributed by atoms with van der Waals surface area (Å²) in [5, 5.41) is 0. The Bertz CT molecular complexity index is 222. The van der Waals surface area contributed by atoms with Gasteiger partial charge in [-0.25, -0.2) is 4.79 Å². The third-order valence-electron chi connectivity index (χ3n) is 2.40. The average Bonchev–Trinajstić information content (AvgIpc) is 2.26. The largest absolute Gasteiger partial charge is 0.462 e. The van der Waals surface area contributed by atoms with Crippen molar-refractivity contribution in [2.24, 2.45) is 5.73 Å². The Balaban J connectivity index is 3.75. The Labute approximate surface area is 92.7 Å². The van der Waals surface area contributed by atoms with Crippen LogP contribution >= 0.6 is 0 Å². The molecule has 88 valence electrons. The Hall–Kier alpha value is -0.990. The number of rotatable bonds is 7. The van der Waals surface area contributed by atoms with Crippen molar-refractivity contribution < 1.29 is 9.53 Å². The molecule has 15 heavy (non-hydrogen) atoms. The Morgan fingerprint density at radius 2 is 1.87 bits per heavy atom. The highest BCUT2D eigenvalue weighted by Gasteiger charge is 2.08. The van der Waals surface area contributed by atoms with Gasteiger partial charge in [-0.15, -0.1) is 0 Å². The second-order valence-electron chi connectivity index (χ2n) is 3.70. The normalized spacial score (nSPS) is 12.2. The van der Waals surface area contributed by atoms with Gasteiger partial charge in [0.2, 0.25) is 0 Å². The highest BCUT2D eigenvalue weighted by atomic mass is 16.5. The number of unbranched alkanes of at least 4 members (excludes halogenated alkanes) is 3. The highest BCUT2D eigenvalue weighted by Crippen LogP contribution is 2.05. The zero-order valence-electron chi connectivity index (χ0n) is 10.1. The van der Waals surface area contributed by atoms with Gasteiger partial charge in [-0.2, -0.15) is 0 Å². The smallest absolute Gasteiger partial charge is 0.335 e. The quantitative estimate of drug-likeness (QED) is 0.402. The zero-order valence-corrected chi connectivity index (χ0v) is 10.1. The summed E-state index contributed by atoms with van der Waals surface area (Å²) in [5.41, 5.74) is 6.82. The molecular weight excluding hydrogens is 190 g/mol. The van der Waals surface area contributed by atoms with Crippen molar-refractivity contribution >= 4 is 5.97 Å². The number of hydrogen-bond donors (Lipinski definition) is 1. The molecule has 3 heteroatoms. The summed E-state index contributed by atoms with van der Waals surface area (Å²) in [7, 11) is 0. The summed E-state index contributed by atoms with van der Waals surface area (Å²) in [6.45, 7) is 6.30.